The normalized spacial score (nSPS) is 10.5. The summed E-state index contributed by atoms with van der Waals surface area (Å²) in [5, 5.41) is 0. The first-order valence-electron chi connectivity index (χ1n) is 5.07. The molecule has 0 saturated heterocycles. The zero-order valence-corrected chi connectivity index (χ0v) is 11.3. The van der Waals surface area contributed by atoms with Gasteiger partial charge in [0.1, 0.15) is 5.82 Å². The first-order chi connectivity index (χ1) is 8.17. The lowest BCUT2D eigenvalue weighted by molar-refractivity contribution is 0.607. The molecule has 88 valence electrons. The summed E-state index contributed by atoms with van der Waals surface area (Å²) >= 11 is 2.95. The lowest BCUT2D eigenvalue weighted by Gasteiger charge is -2.07. The highest BCUT2D eigenvalue weighted by molar-refractivity contribution is 7.98. The van der Waals surface area contributed by atoms with Crippen molar-refractivity contribution in [2.24, 2.45) is 4.99 Å². The summed E-state index contributed by atoms with van der Waals surface area (Å²) in [6, 6.07) is 7.53. The van der Waals surface area contributed by atoms with Crippen LogP contribution < -0.4 is 0 Å². The fraction of sp³-hybridized carbons (Fsp3) is 0.154. The summed E-state index contributed by atoms with van der Waals surface area (Å²) in [4.78, 5) is 6.52. The Labute approximate surface area is 108 Å². The van der Waals surface area contributed by atoms with Crippen LogP contribution in [0.4, 0.5) is 10.1 Å². The smallest absolute Gasteiger partial charge is 0.147 e. The minimum Gasteiger partial charge on any atom is -0.263 e. The summed E-state index contributed by atoms with van der Waals surface area (Å²) < 4.78 is 14.3. The van der Waals surface area contributed by atoms with E-state index in [2.05, 4.69) is 11.7 Å². The molecular formula is C13H12FNS2. The number of hydrogen-bond donors (Lipinski definition) is 0. The van der Waals surface area contributed by atoms with Gasteiger partial charge in [-0.05, 0) is 44.2 Å². The fourth-order valence-corrected chi connectivity index (χ4v) is 3.15. The van der Waals surface area contributed by atoms with Gasteiger partial charge in [0.2, 0.25) is 0 Å². The average Bonchev–Trinajstić information content (AvgIpc) is 2.75. The highest BCUT2D eigenvalue weighted by Crippen LogP contribution is 2.38. The van der Waals surface area contributed by atoms with Gasteiger partial charge in [-0.15, -0.1) is 23.1 Å². The molecule has 17 heavy (non-hydrogen) atoms. The van der Waals surface area contributed by atoms with Crippen molar-refractivity contribution in [1.82, 2.24) is 0 Å². The molecule has 0 amide bonds. The van der Waals surface area contributed by atoms with Crippen LogP contribution >= 0.6 is 23.1 Å². The van der Waals surface area contributed by atoms with E-state index in [0.29, 0.717) is 16.1 Å². The molecule has 2 rings (SSSR count). The number of aliphatic imine (C=N–C) groups is 1. The van der Waals surface area contributed by atoms with Gasteiger partial charge in [-0.25, -0.2) is 4.39 Å². The number of nitrogens with zero attached hydrogens (tertiary/aromatic N) is 1. The predicted octanol–water partition coefficient (Wildman–Crippen LogP) is 4.92. The van der Waals surface area contributed by atoms with E-state index in [1.807, 2.05) is 31.4 Å². The van der Waals surface area contributed by atoms with E-state index in [1.165, 1.54) is 16.6 Å². The predicted molar refractivity (Wildman–Crippen MR) is 75.4 cm³/mol. The summed E-state index contributed by atoms with van der Waals surface area (Å²) in [7, 11) is 0. The third-order valence-corrected chi connectivity index (χ3v) is 4.29. The third-order valence-electron chi connectivity index (χ3n) is 2.46. The van der Waals surface area contributed by atoms with Crippen molar-refractivity contribution in [3.8, 4) is 10.4 Å². The molecule has 0 radical (unpaired) electrons. The van der Waals surface area contributed by atoms with E-state index in [-0.39, 0.29) is 5.82 Å². The largest absolute Gasteiger partial charge is 0.263 e. The molecule has 4 heteroatoms. The Morgan fingerprint density at radius 3 is 2.59 bits per heavy atom. The van der Waals surface area contributed by atoms with Crippen molar-refractivity contribution in [3.05, 3.63) is 35.0 Å². The molecule has 0 saturated carbocycles. The SMILES string of the molecule is C=Nc1ccc(-c2ccc(C)s2)c(F)c1SC. The number of thioether (sulfide) groups is 1. The lowest BCUT2D eigenvalue weighted by atomic mass is 10.1. The van der Waals surface area contributed by atoms with Crippen molar-refractivity contribution in [1.29, 1.82) is 0 Å². The van der Waals surface area contributed by atoms with Gasteiger partial charge in [0.25, 0.3) is 0 Å². The molecule has 0 atom stereocenters. The van der Waals surface area contributed by atoms with Gasteiger partial charge in [-0.2, -0.15) is 0 Å². The maximum Gasteiger partial charge on any atom is 0.147 e. The molecule has 1 heterocycles. The fourth-order valence-electron chi connectivity index (χ4n) is 1.63. The summed E-state index contributed by atoms with van der Waals surface area (Å²) in [6.07, 6.45) is 1.84. The van der Waals surface area contributed by atoms with E-state index in [0.717, 1.165) is 4.88 Å². The number of halogens is 1. The topological polar surface area (TPSA) is 12.4 Å². The highest BCUT2D eigenvalue weighted by Gasteiger charge is 2.14. The molecule has 0 N–H and O–H groups in total. The Hall–Kier alpha value is -1.13. The Kier molecular flexibility index (Phi) is 3.64. The molecule has 1 aromatic carbocycles. The summed E-state index contributed by atoms with van der Waals surface area (Å²) in [5.41, 5.74) is 1.24. The van der Waals surface area contributed by atoms with Crippen LogP contribution in [-0.4, -0.2) is 13.0 Å². The standard InChI is InChI=1S/C13H12FNS2/c1-8-4-7-11(17-8)9-5-6-10(15-2)13(16-3)12(9)14/h4-7H,2H2,1,3H3. The maximum atomic E-state index is 14.3. The zero-order valence-electron chi connectivity index (χ0n) is 9.66. The zero-order chi connectivity index (χ0) is 12.4. The Morgan fingerprint density at radius 1 is 1.29 bits per heavy atom. The van der Waals surface area contributed by atoms with Crippen LogP contribution in [0.2, 0.25) is 0 Å². The second-order valence-electron chi connectivity index (χ2n) is 3.55. The van der Waals surface area contributed by atoms with Crippen molar-refractivity contribution in [2.75, 3.05) is 6.26 Å². The third kappa shape index (κ3) is 2.28. The average molecular weight is 265 g/mol. The summed E-state index contributed by atoms with van der Waals surface area (Å²) in [6.45, 7) is 5.47. The van der Waals surface area contributed by atoms with E-state index in [4.69, 9.17) is 0 Å². The first kappa shape index (κ1) is 12.3. The molecule has 0 aliphatic carbocycles. The number of hydrogen-bond acceptors (Lipinski definition) is 3. The van der Waals surface area contributed by atoms with Gasteiger partial charge in [0.05, 0.1) is 10.6 Å². The molecule has 1 aromatic heterocycles. The van der Waals surface area contributed by atoms with Crippen LogP contribution in [0, 0.1) is 12.7 Å². The molecule has 1 nitrogen and oxygen atoms in total. The maximum absolute atomic E-state index is 14.3. The number of aryl methyl sites for hydroxylation is 1. The van der Waals surface area contributed by atoms with Crippen molar-refractivity contribution in [2.45, 2.75) is 11.8 Å². The van der Waals surface area contributed by atoms with Crippen LogP contribution in [0.5, 0.6) is 0 Å². The quantitative estimate of drug-likeness (QED) is 0.567. The van der Waals surface area contributed by atoms with Gasteiger partial charge in [0, 0.05) is 15.3 Å². The van der Waals surface area contributed by atoms with Crippen molar-refractivity contribution >= 4 is 35.5 Å². The summed E-state index contributed by atoms with van der Waals surface area (Å²) in [5.74, 6) is -0.204. The Bertz CT molecular complexity index is 561. The lowest BCUT2D eigenvalue weighted by Crippen LogP contribution is -1.86. The second kappa shape index (κ2) is 5.02. The van der Waals surface area contributed by atoms with Gasteiger partial charge >= 0.3 is 0 Å². The second-order valence-corrected chi connectivity index (χ2v) is 5.65. The van der Waals surface area contributed by atoms with Crippen molar-refractivity contribution in [3.63, 3.8) is 0 Å². The van der Waals surface area contributed by atoms with Gasteiger partial charge in [0.15, 0.2) is 0 Å². The number of rotatable bonds is 3. The molecule has 0 spiro atoms. The molecular weight excluding hydrogens is 253 g/mol. The molecule has 0 unspecified atom stereocenters. The molecule has 0 fully saturated rings. The van der Waals surface area contributed by atoms with Gasteiger partial charge in [-0.1, -0.05) is 0 Å². The Balaban J connectivity index is 2.60. The van der Waals surface area contributed by atoms with E-state index >= 15 is 0 Å². The number of thiophene rings is 1. The van der Waals surface area contributed by atoms with Crippen LogP contribution in [-0.2, 0) is 0 Å². The van der Waals surface area contributed by atoms with E-state index < -0.39 is 0 Å². The molecule has 0 aliphatic rings. The molecule has 0 bridgehead atoms. The number of benzene rings is 1. The Morgan fingerprint density at radius 2 is 2.06 bits per heavy atom. The minimum absolute atomic E-state index is 0.204. The van der Waals surface area contributed by atoms with Gasteiger partial charge < -0.3 is 0 Å². The first-order valence-corrected chi connectivity index (χ1v) is 7.11. The van der Waals surface area contributed by atoms with Crippen LogP contribution in [0.3, 0.4) is 0 Å². The molecule has 2 aromatic rings. The monoisotopic (exact) mass is 265 g/mol. The highest BCUT2D eigenvalue weighted by atomic mass is 32.2. The van der Waals surface area contributed by atoms with E-state index in [9.17, 15) is 4.39 Å². The molecule has 0 aliphatic heterocycles. The van der Waals surface area contributed by atoms with Crippen LogP contribution in [0.25, 0.3) is 10.4 Å². The van der Waals surface area contributed by atoms with Crippen molar-refractivity contribution < 1.29 is 4.39 Å². The van der Waals surface area contributed by atoms with Gasteiger partial charge in [-0.3, -0.25) is 4.99 Å². The van der Waals surface area contributed by atoms with Crippen LogP contribution in [0.1, 0.15) is 4.88 Å². The van der Waals surface area contributed by atoms with Crippen LogP contribution in [0.15, 0.2) is 34.2 Å². The minimum atomic E-state index is -0.204. The van der Waals surface area contributed by atoms with E-state index in [1.54, 1.807) is 17.4 Å².